The molecule has 0 aliphatic rings. The molecule has 1 N–H and O–H groups in total. The predicted octanol–water partition coefficient (Wildman–Crippen LogP) is 2.22. The Balaban J connectivity index is 2.99. The van der Waals surface area contributed by atoms with Crippen molar-refractivity contribution in [2.24, 2.45) is 5.92 Å². The number of likely N-dealkylation sites (N-methyl/N-ethyl adjacent to an activating group) is 1. The van der Waals surface area contributed by atoms with Gasteiger partial charge in [-0.15, -0.1) is 0 Å². The average molecular weight is 239 g/mol. The SMILES string of the molecule is CCNC(c1ccnn1CC)C(OC)C(C)C. The normalized spacial score (nSPS) is 15.2. The fourth-order valence-corrected chi connectivity index (χ4v) is 2.27. The molecule has 2 atom stereocenters. The van der Waals surface area contributed by atoms with Crippen LogP contribution in [0.4, 0.5) is 0 Å². The third-order valence-electron chi connectivity index (χ3n) is 3.05. The summed E-state index contributed by atoms with van der Waals surface area (Å²) >= 11 is 0. The van der Waals surface area contributed by atoms with Crippen molar-refractivity contribution in [1.82, 2.24) is 15.1 Å². The molecule has 1 rings (SSSR count). The Labute approximate surface area is 104 Å². The first-order valence-corrected chi connectivity index (χ1v) is 6.43. The van der Waals surface area contributed by atoms with Gasteiger partial charge in [0.25, 0.3) is 0 Å². The lowest BCUT2D eigenvalue weighted by Gasteiger charge is -2.30. The van der Waals surface area contributed by atoms with Gasteiger partial charge < -0.3 is 10.1 Å². The largest absolute Gasteiger partial charge is 0.379 e. The zero-order valence-electron chi connectivity index (χ0n) is 11.6. The molecule has 1 aromatic rings. The van der Waals surface area contributed by atoms with E-state index in [0.29, 0.717) is 5.92 Å². The number of methoxy groups -OCH3 is 1. The van der Waals surface area contributed by atoms with Gasteiger partial charge in [0.15, 0.2) is 0 Å². The first kappa shape index (κ1) is 14.2. The molecule has 0 aliphatic heterocycles. The number of hydrogen-bond acceptors (Lipinski definition) is 3. The highest BCUT2D eigenvalue weighted by molar-refractivity contribution is 5.09. The van der Waals surface area contributed by atoms with Crippen molar-refractivity contribution in [1.29, 1.82) is 0 Å². The molecule has 0 saturated carbocycles. The number of aromatic nitrogens is 2. The van der Waals surface area contributed by atoms with Gasteiger partial charge in [-0.1, -0.05) is 20.8 Å². The number of nitrogens with one attached hydrogen (secondary N) is 1. The lowest BCUT2D eigenvalue weighted by molar-refractivity contribution is 0.0306. The Kier molecular flexibility index (Phi) is 5.65. The van der Waals surface area contributed by atoms with Crippen LogP contribution in [0.3, 0.4) is 0 Å². The van der Waals surface area contributed by atoms with Gasteiger partial charge in [-0.3, -0.25) is 4.68 Å². The Morgan fingerprint density at radius 2 is 2.12 bits per heavy atom. The number of ether oxygens (including phenoxy) is 1. The summed E-state index contributed by atoms with van der Waals surface area (Å²) in [6, 6.07) is 2.28. The van der Waals surface area contributed by atoms with Crippen molar-refractivity contribution >= 4 is 0 Å². The molecule has 0 aliphatic carbocycles. The van der Waals surface area contributed by atoms with Crippen LogP contribution >= 0.6 is 0 Å². The number of nitrogens with zero attached hydrogens (tertiary/aromatic N) is 2. The zero-order chi connectivity index (χ0) is 12.8. The number of rotatable bonds is 7. The fraction of sp³-hybridized carbons (Fsp3) is 0.769. The summed E-state index contributed by atoms with van der Waals surface area (Å²) in [5.74, 6) is 0.462. The maximum absolute atomic E-state index is 5.65. The maximum Gasteiger partial charge on any atom is 0.0804 e. The van der Waals surface area contributed by atoms with Crippen molar-refractivity contribution in [2.75, 3.05) is 13.7 Å². The van der Waals surface area contributed by atoms with E-state index < -0.39 is 0 Å². The molecule has 2 unspecified atom stereocenters. The first-order valence-electron chi connectivity index (χ1n) is 6.43. The number of hydrogen-bond donors (Lipinski definition) is 1. The molecular formula is C13H25N3O. The second-order valence-corrected chi connectivity index (χ2v) is 4.55. The summed E-state index contributed by atoms with van der Waals surface area (Å²) in [6.45, 7) is 10.4. The third-order valence-corrected chi connectivity index (χ3v) is 3.05. The summed E-state index contributed by atoms with van der Waals surface area (Å²) in [7, 11) is 1.78. The molecule has 17 heavy (non-hydrogen) atoms. The van der Waals surface area contributed by atoms with E-state index in [1.807, 2.05) is 10.9 Å². The summed E-state index contributed by atoms with van der Waals surface area (Å²) in [5, 5.41) is 7.84. The molecule has 1 aromatic heterocycles. The van der Waals surface area contributed by atoms with E-state index in [4.69, 9.17) is 4.74 Å². The van der Waals surface area contributed by atoms with Gasteiger partial charge in [0, 0.05) is 19.9 Å². The highest BCUT2D eigenvalue weighted by atomic mass is 16.5. The molecule has 1 heterocycles. The van der Waals surface area contributed by atoms with Crippen molar-refractivity contribution < 1.29 is 4.74 Å². The smallest absolute Gasteiger partial charge is 0.0804 e. The predicted molar refractivity (Wildman–Crippen MR) is 70.0 cm³/mol. The van der Waals surface area contributed by atoms with E-state index in [9.17, 15) is 0 Å². The van der Waals surface area contributed by atoms with Gasteiger partial charge in [-0.2, -0.15) is 5.10 Å². The van der Waals surface area contributed by atoms with Crippen LogP contribution in [0.25, 0.3) is 0 Å². The molecule has 0 saturated heterocycles. The van der Waals surface area contributed by atoms with E-state index in [-0.39, 0.29) is 12.1 Å². The molecular weight excluding hydrogens is 214 g/mol. The number of aryl methyl sites for hydroxylation is 1. The minimum Gasteiger partial charge on any atom is -0.379 e. The van der Waals surface area contributed by atoms with Crippen LogP contribution in [-0.2, 0) is 11.3 Å². The molecule has 4 heteroatoms. The summed E-state index contributed by atoms with van der Waals surface area (Å²) in [4.78, 5) is 0. The van der Waals surface area contributed by atoms with Gasteiger partial charge in [0.05, 0.1) is 17.8 Å². The topological polar surface area (TPSA) is 39.1 Å². The van der Waals surface area contributed by atoms with Gasteiger partial charge in [-0.25, -0.2) is 0 Å². The molecule has 0 aromatic carbocycles. The lowest BCUT2D eigenvalue weighted by Crippen LogP contribution is -2.38. The summed E-state index contributed by atoms with van der Waals surface area (Å²) < 4.78 is 7.68. The van der Waals surface area contributed by atoms with Gasteiger partial charge in [0.1, 0.15) is 0 Å². The van der Waals surface area contributed by atoms with Crippen LogP contribution in [0.15, 0.2) is 12.3 Å². The standard InChI is InChI=1S/C13H25N3O/c1-6-14-12(13(17-5)10(3)4)11-8-9-15-16(11)7-2/h8-10,12-14H,6-7H2,1-5H3. The first-order chi connectivity index (χ1) is 8.15. The molecule has 4 nitrogen and oxygen atoms in total. The lowest BCUT2D eigenvalue weighted by atomic mass is 9.96. The Bertz CT molecular complexity index is 322. The van der Waals surface area contributed by atoms with E-state index in [1.165, 1.54) is 5.69 Å². The monoisotopic (exact) mass is 239 g/mol. The van der Waals surface area contributed by atoms with Crippen LogP contribution in [0.1, 0.15) is 39.4 Å². The summed E-state index contributed by atoms with van der Waals surface area (Å²) in [6.07, 6.45) is 2.02. The minimum absolute atomic E-state index is 0.164. The highest BCUT2D eigenvalue weighted by Gasteiger charge is 2.27. The molecule has 0 fully saturated rings. The van der Waals surface area contributed by atoms with Crippen LogP contribution in [0.2, 0.25) is 0 Å². The molecule has 0 spiro atoms. The fourth-order valence-electron chi connectivity index (χ4n) is 2.27. The summed E-state index contributed by atoms with van der Waals surface area (Å²) in [5.41, 5.74) is 1.20. The minimum atomic E-state index is 0.164. The van der Waals surface area contributed by atoms with Gasteiger partial charge in [0.2, 0.25) is 0 Å². The van der Waals surface area contributed by atoms with E-state index in [1.54, 1.807) is 7.11 Å². The van der Waals surface area contributed by atoms with Gasteiger partial charge in [-0.05, 0) is 25.5 Å². The van der Waals surface area contributed by atoms with Crippen molar-refractivity contribution in [3.8, 4) is 0 Å². The highest BCUT2D eigenvalue weighted by Crippen LogP contribution is 2.24. The van der Waals surface area contributed by atoms with Crippen LogP contribution in [0, 0.1) is 5.92 Å². The third kappa shape index (κ3) is 3.30. The second-order valence-electron chi connectivity index (χ2n) is 4.55. The van der Waals surface area contributed by atoms with E-state index >= 15 is 0 Å². The van der Waals surface area contributed by atoms with Crippen molar-refractivity contribution in [2.45, 2.75) is 46.4 Å². The van der Waals surface area contributed by atoms with E-state index in [0.717, 1.165) is 13.1 Å². The molecule has 0 bridgehead atoms. The van der Waals surface area contributed by atoms with Crippen molar-refractivity contribution in [3.63, 3.8) is 0 Å². The van der Waals surface area contributed by atoms with Crippen LogP contribution in [0.5, 0.6) is 0 Å². The second kappa shape index (κ2) is 6.77. The molecule has 0 amide bonds. The van der Waals surface area contributed by atoms with E-state index in [2.05, 4.69) is 44.2 Å². The Morgan fingerprint density at radius 3 is 2.59 bits per heavy atom. The zero-order valence-corrected chi connectivity index (χ0v) is 11.6. The molecule has 98 valence electrons. The quantitative estimate of drug-likeness (QED) is 0.793. The average Bonchev–Trinajstić information content (AvgIpc) is 2.76. The van der Waals surface area contributed by atoms with Gasteiger partial charge >= 0.3 is 0 Å². The maximum atomic E-state index is 5.65. The Morgan fingerprint density at radius 1 is 1.41 bits per heavy atom. The molecule has 0 radical (unpaired) electrons. The van der Waals surface area contributed by atoms with Crippen molar-refractivity contribution in [3.05, 3.63) is 18.0 Å². The van der Waals surface area contributed by atoms with Crippen LogP contribution in [-0.4, -0.2) is 29.5 Å². The Hall–Kier alpha value is -0.870. The van der Waals surface area contributed by atoms with Crippen LogP contribution < -0.4 is 5.32 Å².